The van der Waals surface area contributed by atoms with E-state index in [0.717, 1.165) is 21.8 Å². The maximum Gasteiger partial charge on any atom is 0.226 e. The Bertz CT molecular complexity index is 973. The predicted molar refractivity (Wildman–Crippen MR) is 104 cm³/mol. The smallest absolute Gasteiger partial charge is 0.226 e. The molecule has 0 radical (unpaired) electrons. The number of amides is 1. The Balaban J connectivity index is 1.66. The first kappa shape index (κ1) is 16.9. The molecule has 0 saturated heterocycles. The van der Waals surface area contributed by atoms with Crippen molar-refractivity contribution in [3.8, 4) is 5.75 Å². The summed E-state index contributed by atoms with van der Waals surface area (Å²) in [4.78, 5) is 17.3. The number of fused-ring (bicyclic) bond motifs is 1. The normalized spacial score (nSPS) is 16.0. The molecule has 2 heterocycles. The lowest BCUT2D eigenvalue weighted by Gasteiger charge is -2.23. The van der Waals surface area contributed by atoms with Crippen LogP contribution in [0.3, 0.4) is 0 Å². The third-order valence-electron chi connectivity index (χ3n) is 4.27. The predicted octanol–water partition coefficient (Wildman–Crippen LogP) is 4.43. The molecule has 26 heavy (non-hydrogen) atoms. The van der Waals surface area contributed by atoms with Crippen LogP contribution in [0.5, 0.6) is 5.75 Å². The maximum absolute atomic E-state index is 12.1. The first-order valence-electron chi connectivity index (χ1n) is 8.13. The van der Waals surface area contributed by atoms with Crippen LogP contribution < -0.4 is 15.8 Å². The summed E-state index contributed by atoms with van der Waals surface area (Å²) in [6.07, 6.45) is 0.334. The van der Waals surface area contributed by atoms with Crippen molar-refractivity contribution in [3.63, 3.8) is 0 Å². The standard InChI is InChI=1S/C19H16ClN3O2S/c20-14-7-3-1-5-11(14)10-25-15-8-4-2-6-12(15)13-9-16(24)22-18-17(13)26-19(21)23-18/h1-8,13H,9-10H2,(H2,21,23)(H,22,24). The van der Waals surface area contributed by atoms with Crippen LogP contribution in [0.25, 0.3) is 0 Å². The molecule has 5 nitrogen and oxygen atoms in total. The van der Waals surface area contributed by atoms with Crippen LogP contribution in [-0.2, 0) is 11.4 Å². The highest BCUT2D eigenvalue weighted by Crippen LogP contribution is 2.44. The molecular formula is C19H16ClN3O2S. The van der Waals surface area contributed by atoms with E-state index in [1.54, 1.807) is 0 Å². The van der Waals surface area contributed by atoms with E-state index in [0.29, 0.717) is 29.0 Å². The van der Waals surface area contributed by atoms with Crippen molar-refractivity contribution in [2.24, 2.45) is 0 Å². The van der Waals surface area contributed by atoms with Crippen molar-refractivity contribution < 1.29 is 9.53 Å². The number of nitrogens with zero attached hydrogens (tertiary/aromatic N) is 1. The second-order valence-corrected chi connectivity index (χ2v) is 7.46. The number of carbonyl (C=O) groups excluding carboxylic acids is 1. The van der Waals surface area contributed by atoms with Gasteiger partial charge in [0.1, 0.15) is 18.2 Å². The summed E-state index contributed by atoms with van der Waals surface area (Å²) in [5.74, 6) is 1.07. The summed E-state index contributed by atoms with van der Waals surface area (Å²) < 4.78 is 6.05. The Kier molecular flexibility index (Phi) is 4.53. The average Bonchev–Trinajstić information content (AvgIpc) is 3.00. The van der Waals surface area contributed by atoms with Crippen molar-refractivity contribution >= 4 is 39.8 Å². The molecule has 2 aromatic carbocycles. The Labute approximate surface area is 159 Å². The number of hydrogen-bond donors (Lipinski definition) is 2. The van der Waals surface area contributed by atoms with Crippen LogP contribution in [0, 0.1) is 0 Å². The van der Waals surface area contributed by atoms with Crippen molar-refractivity contribution in [3.05, 3.63) is 69.6 Å². The van der Waals surface area contributed by atoms with Gasteiger partial charge in [-0.05, 0) is 12.1 Å². The van der Waals surface area contributed by atoms with E-state index in [2.05, 4.69) is 10.3 Å². The molecule has 0 fully saturated rings. The molecule has 3 aromatic rings. The molecule has 1 aliphatic heterocycles. The SMILES string of the molecule is Nc1nc2c(s1)C(c1ccccc1OCc1ccccc1Cl)CC(=O)N2. The van der Waals surface area contributed by atoms with Gasteiger partial charge in [0.25, 0.3) is 0 Å². The van der Waals surface area contributed by atoms with Crippen LogP contribution in [0.2, 0.25) is 5.02 Å². The number of thiazole rings is 1. The van der Waals surface area contributed by atoms with Crippen LogP contribution in [-0.4, -0.2) is 10.9 Å². The minimum absolute atomic E-state index is 0.0753. The Morgan fingerprint density at radius 3 is 2.85 bits per heavy atom. The van der Waals surface area contributed by atoms with Crippen LogP contribution >= 0.6 is 22.9 Å². The van der Waals surface area contributed by atoms with Gasteiger partial charge >= 0.3 is 0 Å². The Morgan fingerprint density at radius 1 is 1.23 bits per heavy atom. The highest BCUT2D eigenvalue weighted by atomic mass is 35.5. The first-order valence-corrected chi connectivity index (χ1v) is 9.32. The second kappa shape index (κ2) is 6.97. The van der Waals surface area contributed by atoms with Crippen molar-refractivity contribution in [1.29, 1.82) is 0 Å². The minimum Gasteiger partial charge on any atom is -0.489 e. The first-order chi connectivity index (χ1) is 12.6. The largest absolute Gasteiger partial charge is 0.489 e. The molecule has 3 N–H and O–H groups in total. The second-order valence-electron chi connectivity index (χ2n) is 5.99. The van der Waals surface area contributed by atoms with Gasteiger partial charge in [-0.15, -0.1) is 0 Å². The van der Waals surface area contributed by atoms with E-state index < -0.39 is 0 Å². The lowest BCUT2D eigenvalue weighted by atomic mass is 9.91. The van der Waals surface area contributed by atoms with Crippen molar-refractivity contribution in [1.82, 2.24) is 4.98 Å². The highest BCUT2D eigenvalue weighted by molar-refractivity contribution is 7.16. The molecule has 1 atom stereocenters. The number of nitrogens with two attached hydrogens (primary N) is 1. The summed E-state index contributed by atoms with van der Waals surface area (Å²) in [6.45, 7) is 0.354. The monoisotopic (exact) mass is 385 g/mol. The molecule has 1 amide bonds. The maximum atomic E-state index is 12.1. The van der Waals surface area contributed by atoms with Gasteiger partial charge in [-0.3, -0.25) is 4.79 Å². The molecule has 0 bridgehead atoms. The molecule has 1 aliphatic rings. The lowest BCUT2D eigenvalue weighted by molar-refractivity contribution is -0.116. The molecule has 0 aliphatic carbocycles. The Morgan fingerprint density at radius 2 is 2.00 bits per heavy atom. The van der Waals surface area contributed by atoms with Gasteiger partial charge in [0, 0.05) is 28.5 Å². The fourth-order valence-electron chi connectivity index (χ4n) is 3.06. The zero-order valence-corrected chi connectivity index (χ0v) is 15.3. The molecule has 1 aromatic heterocycles. The quantitative estimate of drug-likeness (QED) is 0.696. The summed E-state index contributed by atoms with van der Waals surface area (Å²) in [5.41, 5.74) is 7.70. The lowest BCUT2D eigenvalue weighted by Crippen LogP contribution is -2.23. The molecule has 7 heteroatoms. The van der Waals surface area contributed by atoms with E-state index in [1.807, 2.05) is 48.5 Å². The highest BCUT2D eigenvalue weighted by Gasteiger charge is 2.31. The van der Waals surface area contributed by atoms with E-state index in [9.17, 15) is 4.79 Å². The number of anilines is 2. The zero-order valence-electron chi connectivity index (χ0n) is 13.7. The van der Waals surface area contributed by atoms with E-state index in [4.69, 9.17) is 22.1 Å². The van der Waals surface area contributed by atoms with Gasteiger partial charge in [-0.25, -0.2) is 4.98 Å². The summed E-state index contributed by atoms with van der Waals surface area (Å²) in [6, 6.07) is 15.3. The number of nitrogen functional groups attached to an aromatic ring is 1. The van der Waals surface area contributed by atoms with E-state index >= 15 is 0 Å². The summed E-state index contributed by atoms with van der Waals surface area (Å²) >= 11 is 7.61. The fraction of sp³-hybridized carbons (Fsp3) is 0.158. The molecule has 4 rings (SSSR count). The topological polar surface area (TPSA) is 77.2 Å². The number of carbonyl (C=O) groups is 1. The summed E-state index contributed by atoms with van der Waals surface area (Å²) in [7, 11) is 0. The Hall–Kier alpha value is -2.57. The number of hydrogen-bond acceptors (Lipinski definition) is 5. The van der Waals surface area contributed by atoms with Crippen molar-refractivity contribution in [2.75, 3.05) is 11.1 Å². The average molecular weight is 386 g/mol. The van der Waals surface area contributed by atoms with E-state index in [-0.39, 0.29) is 11.8 Å². The number of aromatic nitrogens is 1. The zero-order chi connectivity index (χ0) is 18.1. The number of ether oxygens (including phenoxy) is 1. The van der Waals surface area contributed by atoms with Crippen LogP contribution in [0.1, 0.15) is 28.3 Å². The van der Waals surface area contributed by atoms with Gasteiger partial charge in [0.05, 0.1) is 4.88 Å². The van der Waals surface area contributed by atoms with E-state index in [1.165, 1.54) is 11.3 Å². The third-order valence-corrected chi connectivity index (χ3v) is 5.64. The molecule has 132 valence electrons. The van der Waals surface area contributed by atoms with Crippen LogP contribution in [0.15, 0.2) is 48.5 Å². The van der Waals surface area contributed by atoms with Crippen LogP contribution in [0.4, 0.5) is 10.9 Å². The number of rotatable bonds is 4. The van der Waals surface area contributed by atoms with Gasteiger partial charge < -0.3 is 15.8 Å². The number of nitrogens with one attached hydrogen (secondary N) is 1. The molecular weight excluding hydrogens is 370 g/mol. The van der Waals surface area contributed by atoms with Gasteiger partial charge in [-0.2, -0.15) is 0 Å². The summed E-state index contributed by atoms with van der Waals surface area (Å²) in [5, 5.41) is 3.89. The fourth-order valence-corrected chi connectivity index (χ4v) is 4.16. The van der Waals surface area contributed by atoms with Gasteiger partial charge in [0.2, 0.25) is 5.91 Å². The third kappa shape index (κ3) is 3.25. The molecule has 0 saturated carbocycles. The minimum atomic E-state index is -0.129. The van der Waals surface area contributed by atoms with Gasteiger partial charge in [0.15, 0.2) is 5.13 Å². The number of benzene rings is 2. The molecule has 0 spiro atoms. The number of halogens is 1. The van der Waals surface area contributed by atoms with Gasteiger partial charge in [-0.1, -0.05) is 59.3 Å². The van der Waals surface area contributed by atoms with Crippen molar-refractivity contribution in [2.45, 2.75) is 18.9 Å². The molecule has 1 unspecified atom stereocenters. The number of para-hydroxylation sites is 1.